The number of hydrogen-bond acceptors (Lipinski definition) is 2. The fourth-order valence-corrected chi connectivity index (χ4v) is 3.72. The molecule has 2 aromatic heterocycles. The van der Waals surface area contributed by atoms with Crippen LogP contribution < -0.4 is 0 Å². The maximum atomic E-state index is 13.1. The van der Waals surface area contributed by atoms with Gasteiger partial charge in [-0.2, -0.15) is 5.10 Å². The third-order valence-corrected chi connectivity index (χ3v) is 5.35. The normalized spacial score (nSPS) is 11.1. The summed E-state index contributed by atoms with van der Waals surface area (Å²) in [5.74, 6) is 0.00459. The smallest absolute Gasteiger partial charge is 0.270 e. The predicted octanol–water partition coefficient (Wildman–Crippen LogP) is 4.25. The van der Waals surface area contributed by atoms with Crippen molar-refractivity contribution in [3.8, 4) is 5.69 Å². The van der Waals surface area contributed by atoms with E-state index >= 15 is 0 Å². The molecule has 4 aromatic rings. The molecule has 0 saturated heterocycles. The molecular weight excluding hydrogens is 348 g/mol. The Bertz CT molecular complexity index is 1150. The number of aryl methyl sites for hydroxylation is 2. The van der Waals surface area contributed by atoms with Gasteiger partial charge in [-0.15, -0.1) is 0 Å². The first-order chi connectivity index (χ1) is 13.5. The second-order valence-electron chi connectivity index (χ2n) is 7.21. The van der Waals surface area contributed by atoms with E-state index in [9.17, 15) is 4.79 Å². The Morgan fingerprint density at radius 3 is 2.43 bits per heavy atom. The van der Waals surface area contributed by atoms with Gasteiger partial charge >= 0.3 is 0 Å². The summed E-state index contributed by atoms with van der Waals surface area (Å²) in [5.41, 5.74) is 5.85. The van der Waals surface area contributed by atoms with E-state index in [-0.39, 0.29) is 5.91 Å². The summed E-state index contributed by atoms with van der Waals surface area (Å²) in [6.07, 6.45) is 0. The fraction of sp³-hybridized carbons (Fsp3) is 0.217. The third kappa shape index (κ3) is 2.99. The lowest BCUT2D eigenvalue weighted by molar-refractivity contribution is 0.0776. The molecule has 2 aromatic carbocycles. The van der Waals surface area contributed by atoms with Crippen molar-refractivity contribution in [3.63, 3.8) is 0 Å². The summed E-state index contributed by atoms with van der Waals surface area (Å²) < 4.78 is 3.90. The van der Waals surface area contributed by atoms with Crippen molar-refractivity contribution < 1.29 is 4.79 Å². The summed E-state index contributed by atoms with van der Waals surface area (Å²) in [4.78, 5) is 14.9. The Morgan fingerprint density at radius 2 is 1.71 bits per heavy atom. The second-order valence-corrected chi connectivity index (χ2v) is 7.21. The fourth-order valence-electron chi connectivity index (χ4n) is 3.72. The summed E-state index contributed by atoms with van der Waals surface area (Å²) in [7, 11) is 3.78. The van der Waals surface area contributed by atoms with Gasteiger partial charge in [-0.25, -0.2) is 4.68 Å². The Hall–Kier alpha value is -3.34. The van der Waals surface area contributed by atoms with Crippen LogP contribution in [0.5, 0.6) is 0 Å². The van der Waals surface area contributed by atoms with E-state index in [0.717, 1.165) is 33.5 Å². The molecule has 0 N–H and O–H groups in total. The average molecular weight is 372 g/mol. The molecule has 4 rings (SSSR count). The molecule has 142 valence electrons. The van der Waals surface area contributed by atoms with Gasteiger partial charge in [0.25, 0.3) is 5.91 Å². The van der Waals surface area contributed by atoms with Crippen molar-refractivity contribution >= 4 is 16.8 Å². The van der Waals surface area contributed by atoms with Crippen LogP contribution in [0.3, 0.4) is 0 Å². The quantitative estimate of drug-likeness (QED) is 0.537. The molecule has 0 atom stereocenters. The lowest BCUT2D eigenvalue weighted by Gasteiger charge is -2.18. The number of carbonyl (C=O) groups excluding carboxylic acids is 1. The monoisotopic (exact) mass is 372 g/mol. The third-order valence-electron chi connectivity index (χ3n) is 5.35. The Balaban J connectivity index is 1.63. The van der Waals surface area contributed by atoms with Gasteiger partial charge in [0.05, 0.1) is 11.4 Å². The first-order valence-corrected chi connectivity index (χ1v) is 9.38. The lowest BCUT2D eigenvalue weighted by Crippen LogP contribution is -2.28. The number of para-hydroxylation sites is 2. The Kier molecular flexibility index (Phi) is 4.51. The molecule has 28 heavy (non-hydrogen) atoms. The van der Waals surface area contributed by atoms with Gasteiger partial charge in [0.1, 0.15) is 5.69 Å². The van der Waals surface area contributed by atoms with Gasteiger partial charge < -0.3 is 9.47 Å². The van der Waals surface area contributed by atoms with E-state index in [0.29, 0.717) is 12.2 Å². The van der Waals surface area contributed by atoms with Crippen LogP contribution in [0.2, 0.25) is 0 Å². The maximum absolute atomic E-state index is 13.1. The van der Waals surface area contributed by atoms with E-state index in [2.05, 4.69) is 6.92 Å². The number of rotatable bonds is 4. The molecule has 0 fully saturated rings. The topological polar surface area (TPSA) is 43.1 Å². The number of fused-ring (bicyclic) bond motifs is 1. The number of hydrogen-bond donors (Lipinski definition) is 0. The highest BCUT2D eigenvalue weighted by Gasteiger charge is 2.20. The molecule has 0 aliphatic carbocycles. The lowest BCUT2D eigenvalue weighted by atomic mass is 10.1. The zero-order valence-electron chi connectivity index (χ0n) is 16.7. The molecule has 1 amide bonds. The van der Waals surface area contributed by atoms with Crippen LogP contribution in [0.15, 0.2) is 60.7 Å². The molecule has 5 heteroatoms. The number of benzene rings is 2. The minimum absolute atomic E-state index is 0.00459. The average Bonchev–Trinajstić information content (AvgIpc) is 3.19. The minimum Gasteiger partial charge on any atom is -0.340 e. The Labute approximate surface area is 164 Å². The van der Waals surface area contributed by atoms with Crippen molar-refractivity contribution in [1.29, 1.82) is 0 Å². The van der Waals surface area contributed by atoms with Crippen LogP contribution >= 0.6 is 0 Å². The molecule has 0 aliphatic heterocycles. The van der Waals surface area contributed by atoms with Crippen LogP contribution in [-0.4, -0.2) is 32.2 Å². The summed E-state index contributed by atoms with van der Waals surface area (Å²) in [6.45, 7) is 4.57. The predicted molar refractivity (Wildman–Crippen MR) is 112 cm³/mol. The highest BCUT2D eigenvalue weighted by Crippen LogP contribution is 2.22. The van der Waals surface area contributed by atoms with E-state index < -0.39 is 0 Å². The van der Waals surface area contributed by atoms with Crippen molar-refractivity contribution in [3.05, 3.63) is 83.3 Å². The number of carbonyl (C=O) groups is 1. The molecule has 0 radical (unpaired) electrons. The molecule has 0 unspecified atom stereocenters. The molecule has 0 spiro atoms. The van der Waals surface area contributed by atoms with E-state index in [1.807, 2.05) is 90.9 Å². The van der Waals surface area contributed by atoms with Crippen LogP contribution in [0, 0.1) is 13.8 Å². The second kappa shape index (κ2) is 7.00. The van der Waals surface area contributed by atoms with Crippen LogP contribution in [0.4, 0.5) is 0 Å². The van der Waals surface area contributed by atoms with Crippen molar-refractivity contribution in [2.75, 3.05) is 7.05 Å². The highest BCUT2D eigenvalue weighted by molar-refractivity contribution is 5.98. The zero-order valence-corrected chi connectivity index (χ0v) is 16.7. The summed E-state index contributed by atoms with van der Waals surface area (Å²) in [6, 6.07) is 20.1. The van der Waals surface area contributed by atoms with Crippen LogP contribution in [0.25, 0.3) is 16.6 Å². The van der Waals surface area contributed by atoms with Gasteiger partial charge in [-0.05, 0) is 38.1 Å². The number of amides is 1. The molecule has 0 aliphatic rings. The number of aromatic nitrogens is 3. The van der Waals surface area contributed by atoms with E-state index in [1.165, 1.54) is 0 Å². The standard InChI is InChI=1S/C23H24N4O/c1-16-20(17(2)27(24-16)19-11-6-5-7-12-19)15-25(3)23(28)22-14-18-10-8-9-13-21(18)26(22)4/h5-14H,15H2,1-4H3. The summed E-state index contributed by atoms with van der Waals surface area (Å²) >= 11 is 0. The molecule has 0 bridgehead atoms. The molecule has 2 heterocycles. The van der Waals surface area contributed by atoms with Gasteiger partial charge in [-0.1, -0.05) is 36.4 Å². The first kappa shape index (κ1) is 18.0. The molecular formula is C23H24N4O. The Morgan fingerprint density at radius 1 is 1.04 bits per heavy atom. The van der Waals surface area contributed by atoms with Gasteiger partial charge in [-0.3, -0.25) is 4.79 Å². The van der Waals surface area contributed by atoms with Crippen molar-refractivity contribution in [2.45, 2.75) is 20.4 Å². The minimum atomic E-state index is 0.00459. The largest absolute Gasteiger partial charge is 0.340 e. The summed E-state index contributed by atoms with van der Waals surface area (Å²) in [5, 5.41) is 5.77. The van der Waals surface area contributed by atoms with Crippen molar-refractivity contribution in [2.24, 2.45) is 7.05 Å². The van der Waals surface area contributed by atoms with E-state index in [4.69, 9.17) is 5.10 Å². The van der Waals surface area contributed by atoms with Crippen molar-refractivity contribution in [1.82, 2.24) is 19.2 Å². The number of nitrogens with zero attached hydrogens (tertiary/aromatic N) is 4. The van der Waals surface area contributed by atoms with Gasteiger partial charge in [0.15, 0.2) is 0 Å². The van der Waals surface area contributed by atoms with Crippen LogP contribution in [-0.2, 0) is 13.6 Å². The highest BCUT2D eigenvalue weighted by atomic mass is 16.2. The first-order valence-electron chi connectivity index (χ1n) is 9.38. The zero-order chi connectivity index (χ0) is 19.8. The maximum Gasteiger partial charge on any atom is 0.270 e. The van der Waals surface area contributed by atoms with Crippen LogP contribution in [0.1, 0.15) is 27.4 Å². The van der Waals surface area contributed by atoms with E-state index in [1.54, 1.807) is 4.90 Å². The van der Waals surface area contributed by atoms with Gasteiger partial charge in [0, 0.05) is 42.8 Å². The SMILES string of the molecule is Cc1nn(-c2ccccc2)c(C)c1CN(C)C(=O)c1cc2ccccc2n1C. The van der Waals surface area contributed by atoms with Gasteiger partial charge in [0.2, 0.25) is 0 Å². The molecule has 5 nitrogen and oxygen atoms in total. The molecule has 0 saturated carbocycles.